The summed E-state index contributed by atoms with van der Waals surface area (Å²) in [5.74, 6) is -0.209. The Labute approximate surface area is 261 Å². The van der Waals surface area contributed by atoms with E-state index in [0.717, 1.165) is 4.31 Å². The Kier molecular flexibility index (Phi) is 11.4. The lowest BCUT2D eigenvalue weighted by molar-refractivity contribution is -0.139. The molecule has 0 aliphatic rings. The Morgan fingerprint density at radius 3 is 2.09 bits per heavy atom. The zero-order chi connectivity index (χ0) is 31.9. The monoisotopic (exact) mass is 653 g/mol. The first-order valence-electron chi connectivity index (χ1n) is 12.8. The molecule has 0 saturated heterocycles. The number of methoxy groups -OCH3 is 4. The van der Waals surface area contributed by atoms with Gasteiger partial charge in [0, 0.05) is 35.8 Å². The van der Waals surface area contributed by atoms with Crippen LogP contribution in [0.3, 0.4) is 0 Å². The number of likely N-dealkylation sites (N-methyl/N-ethyl adjacent to an activating group) is 1. The molecule has 0 bridgehead atoms. The molecule has 0 aliphatic carbocycles. The molecular weight excluding hydrogens is 621 g/mol. The van der Waals surface area contributed by atoms with Gasteiger partial charge in [-0.25, -0.2) is 8.42 Å². The standard InChI is InChI=1S/C29H33Cl2N3O8S/c1-18(29(36)32-2)33(16-19-7-8-20(30)13-23(19)31)28(35)17-34(24-14-21(39-3)9-11-25(24)40-4)43(37,38)22-10-12-26(41-5)27(15-22)42-6/h7-15,18H,16-17H2,1-6H3,(H,32,36)/t18-/m0/s1. The summed E-state index contributed by atoms with van der Waals surface area (Å²) in [7, 11) is 2.57. The first-order valence-corrected chi connectivity index (χ1v) is 15.0. The summed E-state index contributed by atoms with van der Waals surface area (Å²) in [4.78, 5) is 27.9. The van der Waals surface area contributed by atoms with Crippen molar-refractivity contribution in [1.82, 2.24) is 10.2 Å². The number of carbonyl (C=O) groups excluding carboxylic acids is 2. The molecule has 0 unspecified atom stereocenters. The van der Waals surface area contributed by atoms with Crippen molar-refractivity contribution in [3.8, 4) is 23.0 Å². The van der Waals surface area contributed by atoms with Gasteiger partial charge in [0.1, 0.15) is 24.1 Å². The Morgan fingerprint density at radius 1 is 0.860 bits per heavy atom. The van der Waals surface area contributed by atoms with Crippen molar-refractivity contribution >= 4 is 50.7 Å². The van der Waals surface area contributed by atoms with E-state index in [1.165, 1.54) is 83.7 Å². The van der Waals surface area contributed by atoms with Gasteiger partial charge < -0.3 is 29.2 Å². The van der Waals surface area contributed by atoms with Crippen LogP contribution in [0.1, 0.15) is 12.5 Å². The van der Waals surface area contributed by atoms with E-state index in [1.54, 1.807) is 18.2 Å². The molecule has 43 heavy (non-hydrogen) atoms. The number of benzene rings is 3. The van der Waals surface area contributed by atoms with Gasteiger partial charge >= 0.3 is 0 Å². The van der Waals surface area contributed by atoms with Gasteiger partial charge in [0.25, 0.3) is 10.0 Å². The largest absolute Gasteiger partial charge is 0.497 e. The highest BCUT2D eigenvalue weighted by Gasteiger charge is 2.34. The van der Waals surface area contributed by atoms with Crippen LogP contribution < -0.4 is 28.6 Å². The van der Waals surface area contributed by atoms with Crippen molar-refractivity contribution in [2.45, 2.75) is 24.4 Å². The average Bonchev–Trinajstić information content (AvgIpc) is 3.01. The van der Waals surface area contributed by atoms with E-state index >= 15 is 0 Å². The molecular formula is C29H33Cl2N3O8S. The topological polar surface area (TPSA) is 124 Å². The van der Waals surface area contributed by atoms with E-state index in [4.69, 9.17) is 42.1 Å². The zero-order valence-corrected chi connectivity index (χ0v) is 26.8. The Balaban J connectivity index is 2.19. The smallest absolute Gasteiger partial charge is 0.265 e. The van der Waals surface area contributed by atoms with Crippen molar-refractivity contribution in [2.75, 3.05) is 46.3 Å². The summed E-state index contributed by atoms with van der Waals surface area (Å²) < 4.78 is 50.9. The van der Waals surface area contributed by atoms with Crippen LogP contribution in [0, 0.1) is 0 Å². The molecule has 0 aromatic heterocycles. The van der Waals surface area contributed by atoms with Gasteiger partial charge in [0.2, 0.25) is 11.8 Å². The third kappa shape index (κ3) is 7.56. The first kappa shape index (κ1) is 33.6. The minimum absolute atomic E-state index is 0.0297. The van der Waals surface area contributed by atoms with E-state index < -0.39 is 34.4 Å². The highest BCUT2D eigenvalue weighted by molar-refractivity contribution is 7.92. The summed E-state index contributed by atoms with van der Waals surface area (Å²) in [5, 5.41) is 3.19. The molecule has 0 aliphatic heterocycles. The lowest BCUT2D eigenvalue weighted by atomic mass is 10.1. The normalized spacial score (nSPS) is 11.7. The lowest BCUT2D eigenvalue weighted by Gasteiger charge is -2.32. The number of anilines is 1. The van der Waals surface area contributed by atoms with Crippen molar-refractivity contribution in [1.29, 1.82) is 0 Å². The second-order valence-electron chi connectivity index (χ2n) is 9.11. The van der Waals surface area contributed by atoms with E-state index in [2.05, 4.69) is 5.32 Å². The van der Waals surface area contributed by atoms with Crippen LogP contribution in [0.4, 0.5) is 5.69 Å². The van der Waals surface area contributed by atoms with Crippen LogP contribution in [-0.4, -0.2) is 73.2 Å². The number of hydrogen-bond donors (Lipinski definition) is 1. The number of sulfonamides is 1. The molecule has 11 nitrogen and oxygen atoms in total. The fourth-order valence-electron chi connectivity index (χ4n) is 4.23. The predicted octanol–water partition coefficient (Wildman–Crippen LogP) is 4.39. The Hall–Kier alpha value is -3.87. The van der Waals surface area contributed by atoms with Gasteiger partial charge in [-0.05, 0) is 48.9 Å². The minimum atomic E-state index is -4.47. The lowest BCUT2D eigenvalue weighted by Crippen LogP contribution is -2.50. The van der Waals surface area contributed by atoms with E-state index in [-0.39, 0.29) is 33.6 Å². The molecule has 3 rings (SSSR count). The van der Waals surface area contributed by atoms with Gasteiger partial charge in [0.05, 0.1) is 39.0 Å². The Morgan fingerprint density at radius 2 is 1.51 bits per heavy atom. The van der Waals surface area contributed by atoms with Crippen LogP contribution in [0.5, 0.6) is 23.0 Å². The highest BCUT2D eigenvalue weighted by Crippen LogP contribution is 2.38. The molecule has 0 heterocycles. The third-order valence-corrected chi connectivity index (χ3v) is 8.99. The molecule has 14 heteroatoms. The summed E-state index contributed by atoms with van der Waals surface area (Å²) >= 11 is 12.4. The van der Waals surface area contributed by atoms with Gasteiger partial charge in [-0.15, -0.1) is 0 Å². The van der Waals surface area contributed by atoms with Gasteiger partial charge in [-0.2, -0.15) is 0 Å². The number of amides is 2. The van der Waals surface area contributed by atoms with Crippen molar-refractivity contribution in [2.24, 2.45) is 0 Å². The zero-order valence-electron chi connectivity index (χ0n) is 24.5. The van der Waals surface area contributed by atoms with Crippen LogP contribution in [-0.2, 0) is 26.2 Å². The van der Waals surface area contributed by atoms with Gasteiger partial charge in [-0.1, -0.05) is 29.3 Å². The average molecular weight is 655 g/mol. The van der Waals surface area contributed by atoms with Crippen LogP contribution in [0.25, 0.3) is 0 Å². The summed E-state index contributed by atoms with van der Waals surface area (Å²) in [6, 6.07) is 12.4. The maximum Gasteiger partial charge on any atom is 0.265 e. The summed E-state index contributed by atoms with van der Waals surface area (Å²) in [6.45, 7) is 0.704. The van der Waals surface area contributed by atoms with E-state index in [0.29, 0.717) is 22.1 Å². The number of hydrogen-bond acceptors (Lipinski definition) is 8. The van der Waals surface area contributed by atoms with Crippen molar-refractivity contribution < 1.29 is 37.0 Å². The van der Waals surface area contributed by atoms with E-state index in [1.807, 2.05) is 0 Å². The van der Waals surface area contributed by atoms with Crippen molar-refractivity contribution in [3.05, 3.63) is 70.2 Å². The quantitative estimate of drug-likeness (QED) is 0.288. The van der Waals surface area contributed by atoms with Gasteiger partial charge in [-0.3, -0.25) is 13.9 Å². The maximum atomic E-state index is 14.3. The fraction of sp³-hybridized carbons (Fsp3) is 0.310. The highest BCUT2D eigenvalue weighted by atomic mass is 35.5. The van der Waals surface area contributed by atoms with Gasteiger partial charge in [0.15, 0.2) is 11.5 Å². The number of ether oxygens (including phenoxy) is 4. The molecule has 3 aromatic carbocycles. The minimum Gasteiger partial charge on any atom is -0.497 e. The second-order valence-corrected chi connectivity index (χ2v) is 11.8. The summed E-state index contributed by atoms with van der Waals surface area (Å²) in [5.41, 5.74) is 0.533. The van der Waals surface area contributed by atoms with E-state index in [9.17, 15) is 18.0 Å². The fourth-order valence-corrected chi connectivity index (χ4v) is 6.13. The molecule has 232 valence electrons. The Bertz CT molecular complexity index is 1590. The number of nitrogens with one attached hydrogen (secondary N) is 1. The molecule has 2 amide bonds. The van der Waals surface area contributed by atoms with Crippen LogP contribution >= 0.6 is 23.2 Å². The predicted molar refractivity (Wildman–Crippen MR) is 164 cm³/mol. The number of carbonyl (C=O) groups is 2. The van der Waals surface area contributed by atoms with Crippen LogP contribution in [0.2, 0.25) is 10.0 Å². The van der Waals surface area contributed by atoms with Crippen LogP contribution in [0.15, 0.2) is 59.5 Å². The number of halogens is 2. The first-order chi connectivity index (χ1) is 20.4. The van der Waals surface area contributed by atoms with Crippen molar-refractivity contribution in [3.63, 3.8) is 0 Å². The molecule has 0 saturated carbocycles. The SMILES string of the molecule is CNC(=O)[C@H](C)N(Cc1ccc(Cl)cc1Cl)C(=O)CN(c1cc(OC)ccc1OC)S(=O)(=O)c1ccc(OC)c(OC)c1. The number of nitrogens with zero attached hydrogens (tertiary/aromatic N) is 2. The molecule has 1 atom stereocenters. The maximum absolute atomic E-state index is 14.3. The molecule has 0 radical (unpaired) electrons. The summed E-state index contributed by atoms with van der Waals surface area (Å²) in [6.07, 6.45) is 0. The molecule has 1 N–H and O–H groups in total. The molecule has 3 aromatic rings. The second kappa shape index (κ2) is 14.5. The molecule has 0 fully saturated rings. The molecule has 0 spiro atoms. The third-order valence-electron chi connectivity index (χ3n) is 6.65. The number of rotatable bonds is 13.